The molecule has 1 N–H and O–H groups in total. The number of hydrogen-bond donors (Lipinski definition) is 1. The first-order valence-corrected chi connectivity index (χ1v) is 11.5. The van der Waals surface area contributed by atoms with Crippen molar-refractivity contribution in [3.05, 3.63) is 64.0 Å². The molecule has 0 unspecified atom stereocenters. The molecule has 8 nitrogen and oxygen atoms in total. The number of amides is 1. The van der Waals surface area contributed by atoms with Crippen molar-refractivity contribution in [3.63, 3.8) is 0 Å². The Labute approximate surface area is 187 Å². The van der Waals surface area contributed by atoms with Crippen LogP contribution in [-0.4, -0.2) is 52.4 Å². The molecule has 0 bridgehead atoms. The van der Waals surface area contributed by atoms with Gasteiger partial charge in [-0.15, -0.1) is 0 Å². The van der Waals surface area contributed by atoms with E-state index in [1.807, 2.05) is 18.2 Å². The molecule has 2 aliphatic heterocycles. The number of piperazine rings is 1. The number of pyridine rings is 1. The summed E-state index contributed by atoms with van der Waals surface area (Å²) in [6.07, 6.45) is 9.06. The van der Waals surface area contributed by atoms with Gasteiger partial charge in [0.05, 0.1) is 16.9 Å². The number of benzene rings is 1. The van der Waals surface area contributed by atoms with Crippen LogP contribution < -0.4 is 10.2 Å². The van der Waals surface area contributed by atoms with Gasteiger partial charge in [-0.3, -0.25) is 24.8 Å². The molecule has 168 valence electrons. The number of hydrogen-bond acceptors (Lipinski definition) is 6. The highest BCUT2D eigenvalue weighted by Crippen LogP contribution is 2.39. The number of non-ortho nitro benzene ring substituents is 1. The number of fused-ring (bicyclic) bond motifs is 3. The smallest absolute Gasteiger partial charge is 0.269 e. The van der Waals surface area contributed by atoms with Crippen LogP contribution in [-0.2, 0) is 17.8 Å². The average molecular weight is 436 g/mol. The standard InChI is InChI=1S/C24H29N5O3/c30-24(26-15-17-4-3-9-25-14-17)21-13-18-12-20(29(31)32)7-8-22(18)28-11-10-27(16-23(21)28)19-5-1-2-6-19/h3-4,7-9,12,14,19,21,23H,1-2,5-6,10-11,13,15-16H2,(H,26,30)/t21-,23+/m0/s1. The summed E-state index contributed by atoms with van der Waals surface area (Å²) in [6.45, 7) is 3.12. The van der Waals surface area contributed by atoms with E-state index in [4.69, 9.17) is 0 Å². The minimum Gasteiger partial charge on any atom is -0.365 e. The highest BCUT2D eigenvalue weighted by molar-refractivity contribution is 5.82. The van der Waals surface area contributed by atoms with Gasteiger partial charge in [0.1, 0.15) is 0 Å². The summed E-state index contributed by atoms with van der Waals surface area (Å²) >= 11 is 0. The Balaban J connectivity index is 1.40. The number of nitrogens with one attached hydrogen (secondary N) is 1. The van der Waals surface area contributed by atoms with Crippen molar-refractivity contribution < 1.29 is 9.72 Å². The van der Waals surface area contributed by atoms with Crippen molar-refractivity contribution in [3.8, 4) is 0 Å². The van der Waals surface area contributed by atoms with Gasteiger partial charge >= 0.3 is 0 Å². The Morgan fingerprint density at radius 1 is 1.22 bits per heavy atom. The maximum absolute atomic E-state index is 13.4. The van der Waals surface area contributed by atoms with E-state index < -0.39 is 0 Å². The molecule has 1 saturated heterocycles. The second kappa shape index (κ2) is 8.86. The number of anilines is 1. The molecule has 5 rings (SSSR count). The predicted octanol–water partition coefficient (Wildman–Crippen LogP) is 2.91. The minimum absolute atomic E-state index is 0.00859. The normalized spacial score (nSPS) is 23.4. The Morgan fingerprint density at radius 3 is 2.81 bits per heavy atom. The molecule has 2 fully saturated rings. The molecule has 3 heterocycles. The van der Waals surface area contributed by atoms with Gasteiger partial charge < -0.3 is 10.2 Å². The summed E-state index contributed by atoms with van der Waals surface area (Å²) in [5, 5.41) is 14.4. The van der Waals surface area contributed by atoms with Crippen molar-refractivity contribution in [1.82, 2.24) is 15.2 Å². The molecule has 1 saturated carbocycles. The quantitative estimate of drug-likeness (QED) is 0.574. The molecule has 1 amide bonds. The van der Waals surface area contributed by atoms with E-state index in [1.165, 1.54) is 25.7 Å². The summed E-state index contributed by atoms with van der Waals surface area (Å²) in [6, 6.07) is 9.61. The van der Waals surface area contributed by atoms with E-state index >= 15 is 0 Å². The lowest BCUT2D eigenvalue weighted by Gasteiger charge is -2.50. The second-order valence-corrected chi connectivity index (χ2v) is 9.15. The maximum Gasteiger partial charge on any atom is 0.269 e. The van der Waals surface area contributed by atoms with E-state index in [0.29, 0.717) is 19.0 Å². The van der Waals surface area contributed by atoms with Crippen molar-refractivity contribution in [2.75, 3.05) is 24.5 Å². The first-order chi connectivity index (χ1) is 15.6. The molecule has 0 spiro atoms. The van der Waals surface area contributed by atoms with E-state index in [0.717, 1.165) is 36.4 Å². The van der Waals surface area contributed by atoms with Crippen LogP contribution in [0.2, 0.25) is 0 Å². The van der Waals surface area contributed by atoms with Crippen molar-refractivity contribution in [2.45, 2.75) is 50.7 Å². The third-order valence-electron chi connectivity index (χ3n) is 7.31. The van der Waals surface area contributed by atoms with Crippen molar-refractivity contribution in [1.29, 1.82) is 0 Å². The fraction of sp³-hybridized carbons (Fsp3) is 0.500. The lowest BCUT2D eigenvalue weighted by molar-refractivity contribution is -0.384. The van der Waals surface area contributed by atoms with Crippen LogP contribution in [0, 0.1) is 16.0 Å². The van der Waals surface area contributed by atoms with E-state index in [9.17, 15) is 14.9 Å². The van der Waals surface area contributed by atoms with E-state index in [-0.39, 0.29) is 28.5 Å². The molecule has 8 heteroatoms. The third kappa shape index (κ3) is 4.07. The summed E-state index contributed by atoms with van der Waals surface area (Å²) in [7, 11) is 0. The Bertz CT molecular complexity index is 992. The largest absolute Gasteiger partial charge is 0.365 e. The van der Waals surface area contributed by atoms with Crippen LogP contribution in [0.3, 0.4) is 0 Å². The van der Waals surface area contributed by atoms with Crippen LogP contribution >= 0.6 is 0 Å². The summed E-state index contributed by atoms with van der Waals surface area (Å²) in [5.41, 5.74) is 2.98. The molecular weight excluding hydrogens is 406 g/mol. The summed E-state index contributed by atoms with van der Waals surface area (Å²) in [4.78, 5) is 33.4. The third-order valence-corrected chi connectivity index (χ3v) is 7.31. The van der Waals surface area contributed by atoms with E-state index in [2.05, 4.69) is 20.1 Å². The van der Waals surface area contributed by atoms with Gasteiger partial charge in [0.15, 0.2) is 0 Å². The number of nitro benzene ring substituents is 1. The second-order valence-electron chi connectivity index (χ2n) is 9.15. The molecule has 1 aromatic carbocycles. The zero-order valence-electron chi connectivity index (χ0n) is 18.2. The van der Waals surface area contributed by atoms with Crippen LogP contribution in [0.25, 0.3) is 0 Å². The Kier molecular flexibility index (Phi) is 5.78. The SMILES string of the molecule is O=C(NCc1cccnc1)[C@H]1Cc2cc([N+](=O)[O-])ccc2N2CCN(C3CCCC3)C[C@H]12. The number of aromatic nitrogens is 1. The maximum atomic E-state index is 13.4. The van der Waals surface area contributed by atoms with Gasteiger partial charge in [0.2, 0.25) is 5.91 Å². The molecule has 32 heavy (non-hydrogen) atoms. The molecule has 2 aromatic rings. The first-order valence-electron chi connectivity index (χ1n) is 11.5. The molecular formula is C24H29N5O3. The highest BCUT2D eigenvalue weighted by Gasteiger charge is 2.43. The fourth-order valence-electron chi connectivity index (χ4n) is 5.67. The first kappa shape index (κ1) is 20.9. The number of carbonyl (C=O) groups is 1. The lowest BCUT2D eigenvalue weighted by Crippen LogP contribution is -2.62. The van der Waals surface area contributed by atoms with E-state index in [1.54, 1.807) is 24.5 Å². The number of carbonyl (C=O) groups excluding carboxylic acids is 1. The van der Waals surface area contributed by atoms with Crippen LogP contribution in [0.15, 0.2) is 42.7 Å². The van der Waals surface area contributed by atoms with Crippen LogP contribution in [0.5, 0.6) is 0 Å². The van der Waals surface area contributed by atoms with Gasteiger partial charge in [0, 0.05) is 62.4 Å². The minimum atomic E-state index is -0.359. The Hall–Kier alpha value is -3.00. The lowest BCUT2D eigenvalue weighted by atomic mass is 9.82. The summed E-state index contributed by atoms with van der Waals surface area (Å²) < 4.78 is 0. The monoisotopic (exact) mass is 435 g/mol. The van der Waals surface area contributed by atoms with Crippen molar-refractivity contribution in [2.24, 2.45) is 5.92 Å². The summed E-state index contributed by atoms with van der Waals surface area (Å²) in [5.74, 6) is -0.236. The Morgan fingerprint density at radius 2 is 2.06 bits per heavy atom. The van der Waals surface area contributed by atoms with Gasteiger partial charge in [0.25, 0.3) is 5.69 Å². The highest BCUT2D eigenvalue weighted by atomic mass is 16.6. The number of nitrogens with zero attached hydrogens (tertiary/aromatic N) is 4. The zero-order valence-corrected chi connectivity index (χ0v) is 18.2. The molecule has 1 aliphatic carbocycles. The van der Waals surface area contributed by atoms with Gasteiger partial charge in [-0.05, 0) is 42.5 Å². The fourth-order valence-corrected chi connectivity index (χ4v) is 5.67. The van der Waals surface area contributed by atoms with Crippen LogP contribution in [0.1, 0.15) is 36.8 Å². The molecule has 1 aromatic heterocycles. The van der Waals surface area contributed by atoms with Crippen LogP contribution in [0.4, 0.5) is 11.4 Å². The topological polar surface area (TPSA) is 91.6 Å². The zero-order chi connectivity index (χ0) is 22.1. The molecule has 2 atom stereocenters. The van der Waals surface area contributed by atoms with Gasteiger partial charge in [-0.25, -0.2) is 0 Å². The number of rotatable bonds is 5. The molecule has 0 radical (unpaired) electrons. The number of nitro groups is 1. The average Bonchev–Trinajstić information content (AvgIpc) is 3.37. The molecule has 3 aliphatic rings. The van der Waals surface area contributed by atoms with Crippen molar-refractivity contribution >= 4 is 17.3 Å². The van der Waals surface area contributed by atoms with Gasteiger partial charge in [-0.2, -0.15) is 0 Å². The predicted molar refractivity (Wildman–Crippen MR) is 121 cm³/mol. The van der Waals surface area contributed by atoms with Gasteiger partial charge in [-0.1, -0.05) is 18.9 Å².